The van der Waals surface area contributed by atoms with Gasteiger partial charge in [0.05, 0.1) is 0 Å². The monoisotopic (exact) mass is 1010 g/mol. The van der Waals surface area contributed by atoms with Crippen LogP contribution in [-0.2, 0) is 28.6 Å². The van der Waals surface area contributed by atoms with E-state index in [2.05, 4.69) is 130 Å². The zero-order chi connectivity index (χ0) is 52.9. The molecule has 0 aromatic carbocycles. The van der Waals surface area contributed by atoms with Gasteiger partial charge in [-0.05, 0) is 103 Å². The number of hydrogen-bond acceptors (Lipinski definition) is 6. The summed E-state index contributed by atoms with van der Waals surface area (Å²) in [5.41, 5.74) is 0. The van der Waals surface area contributed by atoms with E-state index in [9.17, 15) is 14.4 Å². The lowest BCUT2D eigenvalue weighted by molar-refractivity contribution is -0.167. The van der Waals surface area contributed by atoms with Gasteiger partial charge in [0, 0.05) is 19.3 Å². The van der Waals surface area contributed by atoms with Gasteiger partial charge in [-0.15, -0.1) is 0 Å². The molecule has 1 atom stereocenters. The minimum absolute atomic E-state index is 0.0814. The SMILES string of the molecule is CC/C=C\C/C=C\C/C=C\C/C=C\C/C=C\C/C=C\CCCCCCCCCCCCCCCCC(=O)OCC(COC(=O)CCCCCCC)OC(=O)CCCCCCCCC/C=C\C/C=C\C/C=C\CC. The van der Waals surface area contributed by atoms with Gasteiger partial charge < -0.3 is 14.2 Å². The van der Waals surface area contributed by atoms with E-state index >= 15 is 0 Å². The summed E-state index contributed by atoms with van der Waals surface area (Å²) in [6.07, 6.45) is 82.9. The zero-order valence-corrected chi connectivity index (χ0v) is 47.6. The third-order valence-electron chi connectivity index (χ3n) is 12.8. The topological polar surface area (TPSA) is 78.9 Å². The molecule has 6 nitrogen and oxygen atoms in total. The third-order valence-corrected chi connectivity index (χ3v) is 12.8. The summed E-state index contributed by atoms with van der Waals surface area (Å²) >= 11 is 0. The van der Waals surface area contributed by atoms with Crippen molar-refractivity contribution in [1.29, 1.82) is 0 Å². The molecule has 1 unspecified atom stereocenters. The van der Waals surface area contributed by atoms with Gasteiger partial charge in [0.1, 0.15) is 13.2 Å². The summed E-state index contributed by atoms with van der Waals surface area (Å²) in [5.74, 6) is -0.903. The highest BCUT2D eigenvalue weighted by Crippen LogP contribution is 2.16. The lowest BCUT2D eigenvalue weighted by atomic mass is 10.0. The Morgan fingerprint density at radius 3 is 0.836 bits per heavy atom. The van der Waals surface area contributed by atoms with Crippen molar-refractivity contribution < 1.29 is 28.6 Å². The minimum atomic E-state index is -0.780. The van der Waals surface area contributed by atoms with Crippen molar-refractivity contribution in [2.45, 2.75) is 284 Å². The molecule has 416 valence electrons. The van der Waals surface area contributed by atoms with E-state index in [1.165, 1.54) is 109 Å². The fourth-order valence-corrected chi connectivity index (χ4v) is 8.28. The molecule has 0 amide bonds. The lowest BCUT2D eigenvalue weighted by Crippen LogP contribution is -2.30. The molecule has 6 heteroatoms. The first-order valence-electron chi connectivity index (χ1n) is 30.4. The number of allylic oxidation sites excluding steroid dienone is 18. The summed E-state index contributed by atoms with van der Waals surface area (Å²) in [5, 5.41) is 0. The zero-order valence-electron chi connectivity index (χ0n) is 47.6. The van der Waals surface area contributed by atoms with Crippen LogP contribution in [0, 0.1) is 0 Å². The predicted octanol–water partition coefficient (Wildman–Crippen LogP) is 20.7. The molecular weight excluding hydrogens is 901 g/mol. The fourth-order valence-electron chi connectivity index (χ4n) is 8.28. The number of unbranched alkanes of at least 4 members (excludes halogenated alkanes) is 25. The highest BCUT2D eigenvalue weighted by atomic mass is 16.6. The molecule has 0 saturated heterocycles. The van der Waals surface area contributed by atoms with Crippen LogP contribution in [0.3, 0.4) is 0 Å². The molecule has 0 saturated carbocycles. The summed E-state index contributed by atoms with van der Waals surface area (Å²) < 4.78 is 16.7. The van der Waals surface area contributed by atoms with Crippen LogP contribution >= 0.6 is 0 Å². The summed E-state index contributed by atoms with van der Waals surface area (Å²) in [7, 11) is 0. The highest BCUT2D eigenvalue weighted by molar-refractivity contribution is 5.71. The van der Waals surface area contributed by atoms with Crippen molar-refractivity contribution >= 4 is 17.9 Å². The molecule has 0 spiro atoms. The second kappa shape index (κ2) is 60.6. The van der Waals surface area contributed by atoms with Gasteiger partial charge in [0.15, 0.2) is 6.10 Å². The van der Waals surface area contributed by atoms with Crippen molar-refractivity contribution in [2.24, 2.45) is 0 Å². The Kier molecular flexibility index (Phi) is 57.4. The first kappa shape index (κ1) is 69.1. The standard InChI is InChI=1S/C67H112O6/c1-4-7-10-13-15-17-19-21-23-25-26-27-28-29-30-31-32-33-34-35-36-37-38-39-40-42-43-45-47-49-51-54-57-60-66(69)72-63-64(62-71-65(68)59-56-53-12-9-6-3)73-67(70)61-58-55-52-50-48-46-44-41-24-22-20-18-16-14-11-8-5-2/h7-8,10-11,15-18,21-24,26-27,29-30,32-33,64H,4-6,9,12-14,19-20,25,28,31,34-63H2,1-3H3/b10-7-,11-8-,17-15-,18-16-,23-21-,24-22-,27-26-,30-29-,33-32-. The number of hydrogen-bond donors (Lipinski definition) is 0. The van der Waals surface area contributed by atoms with E-state index in [1.54, 1.807) is 0 Å². The van der Waals surface area contributed by atoms with Gasteiger partial charge in [-0.3, -0.25) is 14.4 Å². The normalized spacial score (nSPS) is 12.9. The van der Waals surface area contributed by atoms with Crippen LogP contribution in [0.15, 0.2) is 109 Å². The molecule has 0 N–H and O–H groups in total. The maximum absolute atomic E-state index is 12.8. The van der Waals surface area contributed by atoms with Crippen molar-refractivity contribution in [3.63, 3.8) is 0 Å². The van der Waals surface area contributed by atoms with E-state index in [1.807, 2.05) is 0 Å². The summed E-state index contributed by atoms with van der Waals surface area (Å²) in [6, 6.07) is 0. The maximum atomic E-state index is 12.8. The van der Waals surface area contributed by atoms with Gasteiger partial charge in [0.25, 0.3) is 0 Å². The second-order valence-electron chi connectivity index (χ2n) is 19.9. The van der Waals surface area contributed by atoms with Gasteiger partial charge in [-0.2, -0.15) is 0 Å². The number of esters is 3. The second-order valence-corrected chi connectivity index (χ2v) is 19.9. The molecule has 0 aliphatic heterocycles. The van der Waals surface area contributed by atoms with Crippen molar-refractivity contribution in [1.82, 2.24) is 0 Å². The number of rotatable bonds is 54. The molecule has 0 aliphatic rings. The number of carbonyl (C=O) groups is 3. The van der Waals surface area contributed by atoms with E-state index in [0.29, 0.717) is 19.3 Å². The van der Waals surface area contributed by atoms with Gasteiger partial charge in [-0.25, -0.2) is 0 Å². The largest absolute Gasteiger partial charge is 0.462 e. The molecule has 0 bridgehead atoms. The first-order valence-corrected chi connectivity index (χ1v) is 30.4. The van der Waals surface area contributed by atoms with Crippen molar-refractivity contribution in [3.8, 4) is 0 Å². The van der Waals surface area contributed by atoms with Crippen LogP contribution in [0.25, 0.3) is 0 Å². The minimum Gasteiger partial charge on any atom is -0.462 e. The average molecular weight is 1010 g/mol. The Morgan fingerprint density at radius 1 is 0.288 bits per heavy atom. The van der Waals surface area contributed by atoms with Gasteiger partial charge in [0.2, 0.25) is 0 Å². The van der Waals surface area contributed by atoms with Crippen LogP contribution in [0.2, 0.25) is 0 Å². The fraction of sp³-hybridized carbons (Fsp3) is 0.687. The highest BCUT2D eigenvalue weighted by Gasteiger charge is 2.19. The smallest absolute Gasteiger partial charge is 0.306 e. The molecule has 0 aliphatic carbocycles. The van der Waals surface area contributed by atoms with Crippen LogP contribution < -0.4 is 0 Å². The Hall–Kier alpha value is -3.93. The van der Waals surface area contributed by atoms with Crippen LogP contribution in [0.4, 0.5) is 0 Å². The molecule has 0 aromatic heterocycles. The van der Waals surface area contributed by atoms with Gasteiger partial charge in [-0.1, -0.05) is 265 Å². The Balaban J connectivity index is 4.00. The first-order chi connectivity index (χ1) is 36.0. The molecule has 73 heavy (non-hydrogen) atoms. The maximum Gasteiger partial charge on any atom is 0.306 e. The summed E-state index contributed by atoms with van der Waals surface area (Å²) in [6.45, 7) is 6.33. The number of carbonyl (C=O) groups excluding carboxylic acids is 3. The Bertz CT molecular complexity index is 1490. The summed E-state index contributed by atoms with van der Waals surface area (Å²) in [4.78, 5) is 37.8. The molecule has 0 fully saturated rings. The van der Waals surface area contributed by atoms with Crippen LogP contribution in [-0.4, -0.2) is 37.2 Å². The van der Waals surface area contributed by atoms with E-state index < -0.39 is 6.10 Å². The van der Waals surface area contributed by atoms with Crippen molar-refractivity contribution in [2.75, 3.05) is 13.2 Å². The molecule has 0 heterocycles. The van der Waals surface area contributed by atoms with E-state index in [-0.39, 0.29) is 31.1 Å². The van der Waals surface area contributed by atoms with Crippen LogP contribution in [0.1, 0.15) is 278 Å². The predicted molar refractivity (Wildman–Crippen MR) is 316 cm³/mol. The van der Waals surface area contributed by atoms with Crippen molar-refractivity contribution in [3.05, 3.63) is 109 Å². The Morgan fingerprint density at radius 2 is 0.534 bits per heavy atom. The lowest BCUT2D eigenvalue weighted by Gasteiger charge is -2.18. The van der Waals surface area contributed by atoms with Gasteiger partial charge >= 0.3 is 17.9 Å². The van der Waals surface area contributed by atoms with E-state index in [0.717, 1.165) is 128 Å². The van der Waals surface area contributed by atoms with E-state index in [4.69, 9.17) is 14.2 Å². The molecule has 0 aromatic rings. The molecule has 0 rings (SSSR count). The van der Waals surface area contributed by atoms with Crippen LogP contribution in [0.5, 0.6) is 0 Å². The quantitative estimate of drug-likeness (QED) is 0.0261. The number of ether oxygens (including phenoxy) is 3. The molecular formula is C67H112O6. The third kappa shape index (κ3) is 58.8. The Labute approximate surface area is 450 Å². The molecule has 0 radical (unpaired) electrons. The average Bonchev–Trinajstić information content (AvgIpc) is 3.39.